The van der Waals surface area contributed by atoms with Crippen molar-refractivity contribution in [1.82, 2.24) is 0 Å². The Hall–Kier alpha value is -1.37. The fourth-order valence-corrected chi connectivity index (χ4v) is 1.06. The number of hydrogen-bond acceptors (Lipinski definition) is 1. The number of carbonyl (C=O) groups excluding carboxylic acids is 1. The molecule has 12 heavy (non-hydrogen) atoms. The largest absolute Gasteiger partial charge is 0.299 e. The maximum atomic E-state index is 9.91. The molecular weight excluding hydrogens is 148 g/mol. The fourth-order valence-electron chi connectivity index (χ4n) is 1.06. The topological polar surface area (TPSA) is 17.1 Å². The Kier molecular flexibility index (Phi) is 3.86. The zero-order valence-electron chi connectivity index (χ0n) is 6.89. The monoisotopic (exact) mass is 160 g/mol. The summed E-state index contributed by atoms with van der Waals surface area (Å²) in [7, 11) is 0. The minimum Gasteiger partial charge on any atom is -0.299 e. The molecule has 0 bridgehead atoms. The third kappa shape index (κ3) is 3.15. The van der Waals surface area contributed by atoms with Crippen LogP contribution in [0.15, 0.2) is 48.6 Å². The average Bonchev–Trinajstić information content (AvgIpc) is 2.14. The van der Waals surface area contributed by atoms with Gasteiger partial charge in [-0.2, -0.15) is 0 Å². The standard InChI is InChI=1S/C11H12O/c12-10-6-2-5-9-11-7-3-1-4-8-11/h1-7,9-11H,8H2/b6-2+,9-5+/t11-/m0/s1. The van der Waals surface area contributed by atoms with E-state index in [0.717, 1.165) is 12.7 Å². The van der Waals surface area contributed by atoms with E-state index in [1.807, 2.05) is 18.2 Å². The highest BCUT2D eigenvalue weighted by Crippen LogP contribution is 2.12. The summed E-state index contributed by atoms with van der Waals surface area (Å²) in [5.74, 6) is 0.492. The molecule has 62 valence electrons. The minimum absolute atomic E-state index is 0.492. The lowest BCUT2D eigenvalue weighted by atomic mass is 10.0. The van der Waals surface area contributed by atoms with Gasteiger partial charge in [0.15, 0.2) is 0 Å². The van der Waals surface area contributed by atoms with Crippen LogP contribution in [0.2, 0.25) is 0 Å². The molecule has 0 saturated carbocycles. The van der Waals surface area contributed by atoms with Crippen molar-refractivity contribution in [2.24, 2.45) is 5.92 Å². The van der Waals surface area contributed by atoms with E-state index in [1.165, 1.54) is 6.08 Å². The number of aldehydes is 1. The highest BCUT2D eigenvalue weighted by molar-refractivity contribution is 5.65. The molecule has 1 heteroatoms. The van der Waals surface area contributed by atoms with Gasteiger partial charge in [0.1, 0.15) is 6.29 Å². The molecule has 1 aliphatic carbocycles. The lowest BCUT2D eigenvalue weighted by molar-refractivity contribution is -0.104. The van der Waals surface area contributed by atoms with Crippen molar-refractivity contribution < 1.29 is 4.79 Å². The summed E-state index contributed by atoms with van der Waals surface area (Å²) in [6, 6.07) is 0. The molecule has 0 aliphatic heterocycles. The lowest BCUT2D eigenvalue weighted by Gasteiger charge is -2.05. The van der Waals surface area contributed by atoms with E-state index in [0.29, 0.717) is 5.92 Å². The Balaban J connectivity index is 2.35. The summed E-state index contributed by atoms with van der Waals surface area (Å²) in [6.45, 7) is 0. The SMILES string of the molecule is O=C/C=C/C=C/[C@H]1C=CC=CC1. The number of hydrogen-bond donors (Lipinski definition) is 0. The Morgan fingerprint density at radius 2 is 2.08 bits per heavy atom. The molecule has 0 heterocycles. The third-order valence-corrected chi connectivity index (χ3v) is 1.67. The second-order valence-corrected chi connectivity index (χ2v) is 2.62. The highest BCUT2D eigenvalue weighted by Gasteiger charge is 1.97. The Morgan fingerprint density at radius 3 is 2.75 bits per heavy atom. The van der Waals surface area contributed by atoms with Crippen molar-refractivity contribution in [3.05, 3.63) is 48.6 Å². The smallest absolute Gasteiger partial charge is 0.142 e. The first-order valence-corrected chi connectivity index (χ1v) is 4.05. The summed E-state index contributed by atoms with van der Waals surface area (Å²) in [5, 5.41) is 0. The molecule has 0 spiro atoms. The molecule has 1 atom stereocenters. The molecule has 0 amide bonds. The molecule has 0 saturated heterocycles. The van der Waals surface area contributed by atoms with Crippen molar-refractivity contribution in [3.8, 4) is 0 Å². The van der Waals surface area contributed by atoms with Crippen LogP contribution in [0.1, 0.15) is 6.42 Å². The molecular formula is C11H12O. The Morgan fingerprint density at radius 1 is 1.17 bits per heavy atom. The van der Waals surface area contributed by atoms with Crippen molar-refractivity contribution in [2.75, 3.05) is 0 Å². The van der Waals surface area contributed by atoms with Gasteiger partial charge in [-0.15, -0.1) is 0 Å². The van der Waals surface area contributed by atoms with Crippen LogP contribution >= 0.6 is 0 Å². The molecule has 0 fully saturated rings. The first kappa shape index (κ1) is 8.72. The van der Waals surface area contributed by atoms with Gasteiger partial charge in [-0.3, -0.25) is 4.79 Å². The molecule has 0 aromatic heterocycles. The van der Waals surface area contributed by atoms with E-state index >= 15 is 0 Å². The average molecular weight is 160 g/mol. The zero-order chi connectivity index (χ0) is 8.65. The molecule has 1 nitrogen and oxygen atoms in total. The van der Waals surface area contributed by atoms with Gasteiger partial charge in [-0.1, -0.05) is 42.5 Å². The molecule has 0 aromatic carbocycles. The van der Waals surface area contributed by atoms with Crippen LogP contribution in [0.5, 0.6) is 0 Å². The van der Waals surface area contributed by atoms with Gasteiger partial charge in [-0.05, 0) is 18.4 Å². The van der Waals surface area contributed by atoms with Crippen molar-refractivity contribution >= 4 is 6.29 Å². The lowest BCUT2D eigenvalue weighted by Crippen LogP contribution is -1.91. The highest BCUT2D eigenvalue weighted by atomic mass is 16.1. The third-order valence-electron chi connectivity index (χ3n) is 1.67. The van der Waals surface area contributed by atoms with Crippen molar-refractivity contribution in [1.29, 1.82) is 0 Å². The van der Waals surface area contributed by atoms with Crippen molar-refractivity contribution in [2.45, 2.75) is 6.42 Å². The van der Waals surface area contributed by atoms with Crippen LogP contribution in [-0.4, -0.2) is 6.29 Å². The predicted molar refractivity (Wildman–Crippen MR) is 50.7 cm³/mol. The van der Waals surface area contributed by atoms with E-state index in [4.69, 9.17) is 0 Å². The van der Waals surface area contributed by atoms with Crippen LogP contribution in [0.3, 0.4) is 0 Å². The zero-order valence-corrected chi connectivity index (χ0v) is 6.89. The first-order chi connectivity index (χ1) is 5.93. The van der Waals surface area contributed by atoms with Gasteiger partial charge in [0.2, 0.25) is 0 Å². The van der Waals surface area contributed by atoms with Gasteiger partial charge in [0.25, 0.3) is 0 Å². The summed E-state index contributed by atoms with van der Waals surface area (Å²) in [5.41, 5.74) is 0. The van der Waals surface area contributed by atoms with Crippen LogP contribution in [0.4, 0.5) is 0 Å². The number of allylic oxidation sites excluding steroid dienone is 8. The Labute approximate surface area is 72.8 Å². The predicted octanol–water partition coefficient (Wildman–Crippen LogP) is 2.43. The molecule has 0 N–H and O–H groups in total. The molecule has 1 aliphatic rings. The Bertz CT molecular complexity index is 244. The maximum absolute atomic E-state index is 9.91. The van der Waals surface area contributed by atoms with E-state index < -0.39 is 0 Å². The van der Waals surface area contributed by atoms with Crippen LogP contribution in [0.25, 0.3) is 0 Å². The van der Waals surface area contributed by atoms with Crippen LogP contribution in [0, 0.1) is 5.92 Å². The number of carbonyl (C=O) groups is 1. The second-order valence-electron chi connectivity index (χ2n) is 2.62. The van der Waals surface area contributed by atoms with Crippen LogP contribution in [-0.2, 0) is 4.79 Å². The number of rotatable bonds is 3. The summed E-state index contributed by atoms with van der Waals surface area (Å²) < 4.78 is 0. The summed E-state index contributed by atoms with van der Waals surface area (Å²) in [6.07, 6.45) is 17.4. The van der Waals surface area contributed by atoms with Gasteiger partial charge in [-0.25, -0.2) is 0 Å². The summed E-state index contributed by atoms with van der Waals surface area (Å²) in [4.78, 5) is 9.91. The van der Waals surface area contributed by atoms with E-state index in [1.54, 1.807) is 6.08 Å². The maximum Gasteiger partial charge on any atom is 0.142 e. The molecule has 1 rings (SSSR count). The van der Waals surface area contributed by atoms with Gasteiger partial charge in [0.05, 0.1) is 0 Å². The minimum atomic E-state index is 0.492. The molecule has 0 aromatic rings. The quantitative estimate of drug-likeness (QED) is 0.352. The molecule has 0 unspecified atom stereocenters. The summed E-state index contributed by atoms with van der Waals surface area (Å²) >= 11 is 0. The van der Waals surface area contributed by atoms with Gasteiger partial charge < -0.3 is 0 Å². The van der Waals surface area contributed by atoms with E-state index in [-0.39, 0.29) is 0 Å². The molecule has 0 radical (unpaired) electrons. The van der Waals surface area contributed by atoms with Gasteiger partial charge in [0, 0.05) is 0 Å². The van der Waals surface area contributed by atoms with Crippen molar-refractivity contribution in [3.63, 3.8) is 0 Å². The normalized spacial score (nSPS) is 22.5. The van der Waals surface area contributed by atoms with E-state index in [2.05, 4.69) is 18.2 Å². The first-order valence-electron chi connectivity index (χ1n) is 4.05. The second kappa shape index (κ2) is 5.30. The van der Waals surface area contributed by atoms with Gasteiger partial charge >= 0.3 is 0 Å². The fraction of sp³-hybridized carbons (Fsp3) is 0.182. The van der Waals surface area contributed by atoms with E-state index in [9.17, 15) is 4.79 Å². The van der Waals surface area contributed by atoms with Crippen LogP contribution < -0.4 is 0 Å².